The van der Waals surface area contributed by atoms with Gasteiger partial charge in [-0.3, -0.25) is 15.4 Å². The number of nitrogens with two attached hydrogens (primary N) is 1. The van der Waals surface area contributed by atoms with E-state index in [0.29, 0.717) is 11.1 Å². The fourth-order valence-corrected chi connectivity index (χ4v) is 2.58. The average Bonchev–Trinajstić information content (AvgIpc) is 3.08. The summed E-state index contributed by atoms with van der Waals surface area (Å²) < 4.78 is 41.4. The van der Waals surface area contributed by atoms with E-state index >= 15 is 0 Å². The summed E-state index contributed by atoms with van der Waals surface area (Å²) in [5, 5.41) is 20.9. The third kappa shape index (κ3) is 3.57. The smallest absolute Gasteiger partial charge is 0.236 e. The van der Waals surface area contributed by atoms with E-state index in [9.17, 15) is 23.2 Å². The van der Waals surface area contributed by atoms with E-state index in [0.717, 1.165) is 18.2 Å². The Morgan fingerprint density at radius 3 is 2.68 bits per heavy atom. The van der Waals surface area contributed by atoms with E-state index in [-0.39, 0.29) is 34.3 Å². The molecule has 0 unspecified atom stereocenters. The van der Waals surface area contributed by atoms with Gasteiger partial charge in [0.1, 0.15) is 11.3 Å². The highest BCUT2D eigenvalue weighted by Gasteiger charge is 2.23. The number of carbonyl (C=O) groups excluding carboxylic acids is 1. The number of nitrogens with one attached hydrogen (secondary N) is 3. The first-order valence-electron chi connectivity index (χ1n) is 7.62. The second-order valence-corrected chi connectivity index (χ2v) is 6.01. The second-order valence-electron chi connectivity index (χ2n) is 5.61. The Bertz CT molecular complexity index is 1100. The number of imidazole rings is 1. The zero-order chi connectivity index (χ0) is 20.6. The normalized spacial score (nSPS) is 10.9. The maximum atomic E-state index is 14.1. The molecule has 6 N–H and O–H groups in total. The highest BCUT2D eigenvalue weighted by molar-refractivity contribution is 6.31. The minimum Gasteiger partial charge on any atom is -0.368 e. The fraction of sp³-hybridized carbons (Fsp3) is 0.0625. The summed E-state index contributed by atoms with van der Waals surface area (Å²) in [4.78, 5) is 17.2. The Labute approximate surface area is 160 Å². The van der Waals surface area contributed by atoms with Crippen LogP contribution >= 0.6 is 11.6 Å². The molecular formula is C16H12ClF3N6O2. The summed E-state index contributed by atoms with van der Waals surface area (Å²) >= 11 is 5.66. The molecule has 2 aromatic carbocycles. The van der Waals surface area contributed by atoms with Gasteiger partial charge in [-0.15, -0.1) is 0 Å². The van der Waals surface area contributed by atoms with Gasteiger partial charge in [0.25, 0.3) is 0 Å². The summed E-state index contributed by atoms with van der Waals surface area (Å²) in [7, 11) is 0. The maximum absolute atomic E-state index is 14.1. The number of carbonyl (C=O) groups is 1. The lowest BCUT2D eigenvalue weighted by Crippen LogP contribution is -2.27. The maximum Gasteiger partial charge on any atom is 0.236 e. The molecule has 12 heteroatoms. The predicted octanol–water partition coefficient (Wildman–Crippen LogP) is 2.75. The highest BCUT2D eigenvalue weighted by Crippen LogP contribution is 2.28. The fourth-order valence-electron chi connectivity index (χ4n) is 2.40. The number of hydrogen-bond acceptors (Lipinski definition) is 5. The van der Waals surface area contributed by atoms with Gasteiger partial charge in [0, 0.05) is 5.56 Å². The largest absolute Gasteiger partial charge is 0.368 e. The number of amidine groups is 1. The number of nitrogens with zero attached hydrogens (tertiary/aromatic N) is 2. The lowest BCUT2D eigenvalue weighted by molar-refractivity contribution is -0.116. The third-order valence-electron chi connectivity index (χ3n) is 3.71. The number of aromatic amines is 1. The van der Waals surface area contributed by atoms with Gasteiger partial charge in [-0.05, 0) is 24.3 Å². The van der Waals surface area contributed by atoms with E-state index in [1.807, 2.05) is 0 Å². The Balaban J connectivity index is 2.05. The van der Waals surface area contributed by atoms with Crippen LogP contribution in [0.2, 0.25) is 5.02 Å². The SMILES string of the molecule is N=C(c1cc(F)c(F)c2nc(NCC(N)=O)[nH]c12)N(O)c1ccc(F)c(Cl)c1. The van der Waals surface area contributed by atoms with Gasteiger partial charge >= 0.3 is 0 Å². The first-order chi connectivity index (χ1) is 13.2. The molecule has 0 bridgehead atoms. The summed E-state index contributed by atoms with van der Waals surface area (Å²) in [5.74, 6) is -4.82. The van der Waals surface area contributed by atoms with Crippen LogP contribution in [-0.2, 0) is 4.79 Å². The van der Waals surface area contributed by atoms with Crippen molar-refractivity contribution in [3.63, 3.8) is 0 Å². The van der Waals surface area contributed by atoms with Gasteiger partial charge < -0.3 is 16.0 Å². The van der Waals surface area contributed by atoms with E-state index in [1.165, 1.54) is 0 Å². The van der Waals surface area contributed by atoms with Gasteiger partial charge in [0.05, 0.1) is 22.8 Å². The number of amides is 1. The minimum atomic E-state index is -1.31. The lowest BCUT2D eigenvalue weighted by Gasteiger charge is -2.18. The van der Waals surface area contributed by atoms with E-state index in [1.54, 1.807) is 0 Å². The Hall–Kier alpha value is -3.31. The Kier molecular flexibility index (Phi) is 5.12. The van der Waals surface area contributed by atoms with Crippen LogP contribution in [0.25, 0.3) is 11.0 Å². The van der Waals surface area contributed by atoms with Crippen molar-refractivity contribution in [3.05, 3.63) is 52.3 Å². The molecule has 146 valence electrons. The van der Waals surface area contributed by atoms with Crippen LogP contribution in [-0.4, -0.2) is 33.5 Å². The summed E-state index contributed by atoms with van der Waals surface area (Å²) in [6.07, 6.45) is 0. The molecule has 0 radical (unpaired) electrons. The monoisotopic (exact) mass is 412 g/mol. The molecule has 0 fully saturated rings. The number of benzene rings is 2. The molecule has 0 atom stereocenters. The van der Waals surface area contributed by atoms with Crippen molar-refractivity contribution in [1.82, 2.24) is 9.97 Å². The molecule has 0 aliphatic carbocycles. The van der Waals surface area contributed by atoms with Crippen molar-refractivity contribution in [1.29, 1.82) is 5.41 Å². The zero-order valence-corrected chi connectivity index (χ0v) is 14.6. The average molecular weight is 413 g/mol. The van der Waals surface area contributed by atoms with Crippen LogP contribution in [0.4, 0.5) is 24.8 Å². The number of H-pyrrole nitrogens is 1. The first-order valence-corrected chi connectivity index (χ1v) is 7.99. The highest BCUT2D eigenvalue weighted by atomic mass is 35.5. The molecule has 0 aliphatic heterocycles. The van der Waals surface area contributed by atoms with Gasteiger partial charge in [0.2, 0.25) is 11.9 Å². The molecule has 1 aromatic heterocycles. The standard InChI is InChI=1S/C16H12ClF3N6O2/c17-8-3-6(1-2-9(8)18)26(28)15(22)7-4-10(19)12(20)14-13(7)24-16(25-14)23-5-11(21)27/h1-4,22,28H,5H2,(H2,21,27)(H2,23,24,25). The molecule has 28 heavy (non-hydrogen) atoms. The Morgan fingerprint density at radius 1 is 1.32 bits per heavy atom. The molecule has 1 amide bonds. The summed E-state index contributed by atoms with van der Waals surface area (Å²) in [5.41, 5.74) is 4.09. The third-order valence-corrected chi connectivity index (χ3v) is 4.00. The van der Waals surface area contributed by atoms with Crippen LogP contribution in [0.15, 0.2) is 24.3 Å². The molecule has 0 aliphatic rings. The van der Waals surface area contributed by atoms with Crippen molar-refractivity contribution in [2.75, 3.05) is 16.9 Å². The lowest BCUT2D eigenvalue weighted by atomic mass is 10.1. The molecule has 3 aromatic rings. The molecular weight excluding hydrogens is 401 g/mol. The predicted molar refractivity (Wildman–Crippen MR) is 96.2 cm³/mol. The molecule has 0 spiro atoms. The van der Waals surface area contributed by atoms with Crippen LogP contribution in [0.5, 0.6) is 0 Å². The van der Waals surface area contributed by atoms with Gasteiger partial charge in [0.15, 0.2) is 17.5 Å². The van der Waals surface area contributed by atoms with Gasteiger partial charge in [-0.2, -0.15) is 0 Å². The number of hydroxylamine groups is 1. The number of hydrogen-bond donors (Lipinski definition) is 5. The molecule has 1 heterocycles. The van der Waals surface area contributed by atoms with E-state index in [4.69, 9.17) is 22.7 Å². The van der Waals surface area contributed by atoms with Crippen LogP contribution in [0, 0.1) is 22.9 Å². The number of rotatable bonds is 5. The molecule has 3 rings (SSSR count). The van der Waals surface area contributed by atoms with E-state index in [2.05, 4.69) is 15.3 Å². The van der Waals surface area contributed by atoms with Crippen LogP contribution < -0.4 is 16.1 Å². The van der Waals surface area contributed by atoms with E-state index < -0.39 is 34.7 Å². The van der Waals surface area contributed by atoms with Crippen LogP contribution in [0.1, 0.15) is 5.56 Å². The summed E-state index contributed by atoms with van der Waals surface area (Å²) in [6, 6.07) is 3.84. The number of aromatic nitrogens is 2. The second kappa shape index (κ2) is 7.37. The molecule has 0 saturated carbocycles. The van der Waals surface area contributed by atoms with Crippen LogP contribution in [0.3, 0.4) is 0 Å². The minimum absolute atomic E-state index is 0.0825. The molecule has 0 saturated heterocycles. The quantitative estimate of drug-likeness (QED) is 0.250. The number of halogens is 4. The van der Waals surface area contributed by atoms with Crippen molar-refractivity contribution < 1.29 is 23.2 Å². The number of fused-ring (bicyclic) bond motifs is 1. The Morgan fingerprint density at radius 2 is 2.04 bits per heavy atom. The summed E-state index contributed by atoms with van der Waals surface area (Å²) in [6.45, 7) is -0.323. The van der Waals surface area contributed by atoms with Gasteiger partial charge in [-0.1, -0.05) is 11.6 Å². The number of anilines is 2. The van der Waals surface area contributed by atoms with Gasteiger partial charge in [-0.25, -0.2) is 23.2 Å². The van der Waals surface area contributed by atoms with Crippen molar-refractivity contribution in [2.45, 2.75) is 0 Å². The molecule has 8 nitrogen and oxygen atoms in total. The number of primary amides is 1. The zero-order valence-electron chi connectivity index (χ0n) is 13.9. The van der Waals surface area contributed by atoms with Crippen molar-refractivity contribution >= 4 is 46.0 Å². The topological polar surface area (TPSA) is 131 Å². The first kappa shape index (κ1) is 19.5. The van der Waals surface area contributed by atoms with Crippen molar-refractivity contribution in [2.24, 2.45) is 5.73 Å². The van der Waals surface area contributed by atoms with Crippen molar-refractivity contribution in [3.8, 4) is 0 Å².